The molecule has 3 aliphatic rings. The van der Waals surface area contributed by atoms with Crippen LogP contribution in [0.3, 0.4) is 0 Å². The third-order valence-corrected chi connectivity index (χ3v) is 11.8. The molecule has 60 heavy (non-hydrogen) atoms. The molecule has 16 heteroatoms. The van der Waals surface area contributed by atoms with Crippen LogP contribution in [0.25, 0.3) is 0 Å². The van der Waals surface area contributed by atoms with Crippen LogP contribution in [-0.2, 0) is 61.8 Å². The minimum atomic E-state index is -1.33. The molecule has 2 N–H and O–H groups in total. The lowest BCUT2D eigenvalue weighted by Crippen LogP contribution is -2.65. The van der Waals surface area contributed by atoms with Crippen molar-refractivity contribution in [3.8, 4) is 0 Å². The highest BCUT2D eigenvalue weighted by Crippen LogP contribution is 2.36. The van der Waals surface area contributed by atoms with Crippen LogP contribution in [0.2, 0.25) is 0 Å². The van der Waals surface area contributed by atoms with Crippen LogP contribution < -0.4 is 0 Å². The van der Waals surface area contributed by atoms with Crippen molar-refractivity contribution in [2.45, 2.75) is 154 Å². The molecule has 0 radical (unpaired) electrons. The van der Waals surface area contributed by atoms with Gasteiger partial charge in [0.15, 0.2) is 24.5 Å². The number of likely N-dealkylation sites (N-methyl/N-ethyl adjacent to an activating group) is 1. The van der Waals surface area contributed by atoms with Crippen molar-refractivity contribution in [1.29, 1.82) is 0 Å². The molecule has 0 spiro atoms. The molecule has 342 valence electrons. The summed E-state index contributed by atoms with van der Waals surface area (Å²) in [6, 6.07) is -0.542. The summed E-state index contributed by atoms with van der Waals surface area (Å²) in [7, 11) is 6.58. The van der Waals surface area contributed by atoms with Gasteiger partial charge in [-0.15, -0.1) is 6.58 Å². The first-order valence-corrected chi connectivity index (χ1v) is 21.0. The molecule has 0 unspecified atom stereocenters. The third kappa shape index (κ3) is 13.8. The number of allylic oxidation sites excluding steroid dienone is 3. The third-order valence-electron chi connectivity index (χ3n) is 11.8. The second kappa shape index (κ2) is 24.7. The Morgan fingerprint density at radius 1 is 0.950 bits per heavy atom. The summed E-state index contributed by atoms with van der Waals surface area (Å²) in [6.45, 7) is 15.9. The molecule has 0 amide bonds. The molecule has 3 rings (SSSR count). The van der Waals surface area contributed by atoms with Gasteiger partial charge >= 0.3 is 11.9 Å². The van der Waals surface area contributed by atoms with Gasteiger partial charge in [0.1, 0.15) is 36.8 Å². The number of esters is 2. The van der Waals surface area contributed by atoms with E-state index in [-0.39, 0.29) is 31.8 Å². The highest BCUT2D eigenvalue weighted by atomic mass is 16.7. The van der Waals surface area contributed by atoms with Gasteiger partial charge in [-0.2, -0.15) is 0 Å². The van der Waals surface area contributed by atoms with E-state index < -0.39 is 122 Å². The van der Waals surface area contributed by atoms with Crippen LogP contribution >= 0.6 is 0 Å². The standard InChI is InChI=1S/C44H71NO15/c1-13-19-54-39-28(7)57-44(40(58-29(8)47)36(39)45(9)10)60-38-26(5)33(49)22-35(50)59-34(14-2)31(20-24(3)15-16-32(48)25(4)21-30(38)17-18-46)23-55-43-42(53-12)41(52-11)37(51)27(6)56-43/h13,15-16,18,20,25-28,30-31,33-34,36-44,49,51H,1,14,17,19,21-23H2,2-12H3/b16-15+,24-20+/t25-,26+,27-,28-,30+,31-,33-,34+,36+,37-,38-,39-,40-,41-,42-,43-,44+/m1/s1. The second-order valence-corrected chi connectivity index (χ2v) is 16.5. The van der Waals surface area contributed by atoms with Crippen LogP contribution in [0.1, 0.15) is 74.1 Å². The smallest absolute Gasteiger partial charge is 0.308 e. The van der Waals surface area contributed by atoms with E-state index in [0.29, 0.717) is 12.0 Å². The minimum absolute atomic E-state index is 0.00405. The lowest BCUT2D eigenvalue weighted by Gasteiger charge is -2.49. The van der Waals surface area contributed by atoms with Crippen molar-refractivity contribution < 1.29 is 72.0 Å². The average Bonchev–Trinajstić information content (AvgIpc) is 3.19. The molecule has 0 aromatic heterocycles. The molecule has 0 bridgehead atoms. The normalized spacial score (nSPS) is 40.2. The summed E-state index contributed by atoms with van der Waals surface area (Å²) >= 11 is 0. The number of ketones is 1. The van der Waals surface area contributed by atoms with Crippen molar-refractivity contribution in [2.24, 2.45) is 23.7 Å². The predicted molar refractivity (Wildman–Crippen MR) is 219 cm³/mol. The summed E-state index contributed by atoms with van der Waals surface area (Å²) in [5.74, 6) is -4.03. The number of methoxy groups -OCH3 is 2. The summed E-state index contributed by atoms with van der Waals surface area (Å²) in [4.78, 5) is 54.1. The van der Waals surface area contributed by atoms with E-state index in [9.17, 15) is 29.4 Å². The highest BCUT2D eigenvalue weighted by Gasteiger charge is 2.51. The van der Waals surface area contributed by atoms with E-state index in [4.69, 9.17) is 42.6 Å². The van der Waals surface area contributed by atoms with Crippen LogP contribution in [0.4, 0.5) is 0 Å². The molecule has 0 saturated carbocycles. The van der Waals surface area contributed by atoms with Gasteiger partial charge in [-0.3, -0.25) is 14.4 Å². The Morgan fingerprint density at radius 3 is 2.20 bits per heavy atom. The number of rotatable bonds is 15. The van der Waals surface area contributed by atoms with E-state index in [1.54, 1.807) is 32.9 Å². The van der Waals surface area contributed by atoms with Gasteiger partial charge in [0.05, 0.1) is 50.1 Å². The number of aliphatic hydroxyl groups is 2. The first-order chi connectivity index (χ1) is 28.4. The maximum atomic E-state index is 13.8. The number of carbonyl (C=O) groups excluding carboxylic acids is 4. The zero-order valence-electron chi connectivity index (χ0n) is 37.3. The fourth-order valence-electron chi connectivity index (χ4n) is 8.44. The van der Waals surface area contributed by atoms with E-state index in [1.807, 2.05) is 45.8 Å². The van der Waals surface area contributed by atoms with Gasteiger partial charge in [-0.25, -0.2) is 0 Å². The minimum Gasteiger partial charge on any atom is -0.462 e. The summed E-state index contributed by atoms with van der Waals surface area (Å²) < 4.78 is 54.5. The number of carbonyl (C=O) groups is 4. The van der Waals surface area contributed by atoms with E-state index >= 15 is 0 Å². The topological polar surface area (TPSA) is 195 Å². The molecule has 0 aromatic carbocycles. The Balaban J connectivity index is 2.02. The molecule has 2 saturated heterocycles. The number of nitrogens with zero attached hydrogens (tertiary/aromatic N) is 1. The van der Waals surface area contributed by atoms with Crippen LogP contribution in [0.5, 0.6) is 0 Å². The largest absolute Gasteiger partial charge is 0.462 e. The summed E-state index contributed by atoms with van der Waals surface area (Å²) in [5.41, 5.74) is 0.697. The molecule has 17 atom stereocenters. The molecule has 0 aliphatic carbocycles. The number of hydrogen-bond donors (Lipinski definition) is 2. The van der Waals surface area contributed by atoms with E-state index in [1.165, 1.54) is 27.2 Å². The second-order valence-electron chi connectivity index (χ2n) is 16.5. The quantitative estimate of drug-likeness (QED) is 0.138. The maximum Gasteiger partial charge on any atom is 0.308 e. The van der Waals surface area contributed by atoms with Gasteiger partial charge in [0.2, 0.25) is 0 Å². The molecule has 2 fully saturated rings. The van der Waals surface area contributed by atoms with E-state index in [2.05, 4.69) is 6.58 Å². The number of ether oxygens (including phenoxy) is 9. The van der Waals surface area contributed by atoms with Gasteiger partial charge in [0.25, 0.3) is 0 Å². The van der Waals surface area contributed by atoms with Crippen LogP contribution in [-0.4, -0.2) is 160 Å². The maximum absolute atomic E-state index is 13.8. The first-order valence-electron chi connectivity index (χ1n) is 21.0. The molecule has 3 aliphatic heterocycles. The lowest BCUT2D eigenvalue weighted by molar-refractivity contribution is -0.310. The van der Waals surface area contributed by atoms with E-state index in [0.717, 1.165) is 6.29 Å². The van der Waals surface area contributed by atoms with Crippen molar-refractivity contribution in [3.05, 3.63) is 36.5 Å². The van der Waals surface area contributed by atoms with Gasteiger partial charge in [0, 0.05) is 45.3 Å². The molecule has 3 heterocycles. The van der Waals surface area contributed by atoms with Crippen LogP contribution in [0.15, 0.2) is 36.5 Å². The zero-order chi connectivity index (χ0) is 44.8. The molecule has 0 aromatic rings. The molecular weight excluding hydrogens is 782 g/mol. The predicted octanol–water partition coefficient (Wildman–Crippen LogP) is 3.34. The Kier molecular flexibility index (Phi) is 21.1. The summed E-state index contributed by atoms with van der Waals surface area (Å²) in [6.07, 6.45) is -2.88. The van der Waals surface area contributed by atoms with Crippen molar-refractivity contribution in [3.63, 3.8) is 0 Å². The number of aliphatic hydroxyl groups excluding tert-OH is 2. The van der Waals surface area contributed by atoms with Gasteiger partial charge in [-0.1, -0.05) is 44.6 Å². The summed E-state index contributed by atoms with van der Waals surface area (Å²) in [5, 5.41) is 22.4. The Labute approximate surface area is 355 Å². The lowest BCUT2D eigenvalue weighted by atomic mass is 9.79. The van der Waals surface area contributed by atoms with Crippen molar-refractivity contribution >= 4 is 24.0 Å². The number of cyclic esters (lactones) is 1. The van der Waals surface area contributed by atoms with Gasteiger partial charge in [-0.05, 0) is 59.7 Å². The highest BCUT2D eigenvalue weighted by molar-refractivity contribution is 5.91. The molecule has 16 nitrogen and oxygen atoms in total. The van der Waals surface area contributed by atoms with Gasteiger partial charge < -0.3 is 62.5 Å². The zero-order valence-corrected chi connectivity index (χ0v) is 37.3. The first kappa shape index (κ1) is 51.5. The number of hydrogen-bond acceptors (Lipinski definition) is 16. The van der Waals surface area contributed by atoms with Crippen molar-refractivity contribution in [2.75, 3.05) is 41.5 Å². The molecular formula is C44H71NO15. The Hall–Kier alpha value is -2.90. The monoisotopic (exact) mass is 853 g/mol. The fraction of sp³-hybridized carbons (Fsp3) is 0.773. The Bertz CT molecular complexity index is 1450. The number of aldehydes is 1. The SMILES string of the molecule is C=CCO[C@H]1[C@H](N(C)C)[C@@H](OC(C)=O)[C@H](O[C@H]2[C@@H](CC=O)C[C@@H](C)C(=O)/C=C/C(C)=C/[C@H](CO[C@@H]3O[C@H](C)[C@@H](O)[C@@H](OC)[C@H]3OC)[C@H](CC)OC(=O)C[C@@H](O)[C@@H]2C)O[C@@H]1C. The van der Waals surface area contributed by atoms with Crippen molar-refractivity contribution in [1.82, 2.24) is 4.90 Å². The Morgan fingerprint density at radius 2 is 1.62 bits per heavy atom. The van der Waals surface area contributed by atoms with Crippen LogP contribution in [0, 0.1) is 23.7 Å². The average molecular weight is 854 g/mol. The fourth-order valence-corrected chi connectivity index (χ4v) is 8.44.